The number of allylic oxidation sites excluding steroid dienone is 3. The van der Waals surface area contributed by atoms with Crippen molar-refractivity contribution in [2.75, 3.05) is 19.9 Å². The Morgan fingerprint density at radius 2 is 0.582 bits per heavy atom. The number of Topliss-reactive ketones (excluding diaryl/α,β-unsaturated/α-hetero) is 1. The SMILES string of the molecule is C=C(CCCCCCC(=O)NO)c1ccc2ccccc2c1.C=C(CCCCCCC(=O)O)c1ccc2ccccc2c1.C=C(CCCCCCC(=O)OCC)c1ccc2ccccc2c1.CCOC(=O)CCCCCCC(=O)c1ccc2ccccc2c1.CP(Br)(c1ccccc1)(c1ccccc1)c1ccccc1. The molecule has 0 atom stereocenters. The van der Waals surface area contributed by atoms with Crippen LogP contribution in [-0.4, -0.2) is 59.8 Å². The molecule has 576 valence electrons. The van der Waals surface area contributed by atoms with Crippen LogP contribution >= 0.6 is 20.8 Å². The molecule has 11 aromatic carbocycles. The van der Waals surface area contributed by atoms with Crippen LogP contribution in [0.4, 0.5) is 0 Å². The summed E-state index contributed by atoms with van der Waals surface area (Å²) in [7, 11) is 0. The Bertz CT molecular complexity index is 4490. The minimum absolute atomic E-state index is 0.0759. The van der Waals surface area contributed by atoms with Crippen LogP contribution in [-0.2, 0) is 28.7 Å². The van der Waals surface area contributed by atoms with Gasteiger partial charge in [-0.3, -0.25) is 29.2 Å². The molecule has 0 fully saturated rings. The molecule has 0 bridgehead atoms. The fourth-order valence-corrected chi connectivity index (χ4v) is 19.0. The summed E-state index contributed by atoms with van der Waals surface area (Å²) in [5, 5.41) is 28.3. The number of hydroxylamine groups is 1. The number of hydrogen-bond acceptors (Lipinski definition) is 8. The van der Waals surface area contributed by atoms with E-state index in [1.165, 1.54) is 81.6 Å². The summed E-state index contributed by atoms with van der Waals surface area (Å²) < 4.78 is 9.81. The van der Waals surface area contributed by atoms with Gasteiger partial charge in [0.2, 0.25) is 5.91 Å². The molecule has 0 aliphatic rings. The van der Waals surface area contributed by atoms with Crippen LogP contribution in [0.15, 0.2) is 281 Å². The molecule has 11 aromatic rings. The Kier molecular flexibility index (Phi) is 38.0. The van der Waals surface area contributed by atoms with Gasteiger partial charge in [0.1, 0.15) is 0 Å². The zero-order valence-electron chi connectivity index (χ0n) is 64.9. The van der Waals surface area contributed by atoms with Gasteiger partial charge in [-0.2, -0.15) is 0 Å². The second-order valence-electron chi connectivity index (χ2n) is 28.1. The third kappa shape index (κ3) is 29.2. The number of halogens is 1. The van der Waals surface area contributed by atoms with E-state index in [-0.39, 0.29) is 30.0 Å². The van der Waals surface area contributed by atoms with E-state index in [4.69, 9.17) is 19.8 Å². The van der Waals surface area contributed by atoms with Crippen molar-refractivity contribution in [3.63, 3.8) is 0 Å². The summed E-state index contributed by atoms with van der Waals surface area (Å²) in [5.74, 6) is -1.01. The van der Waals surface area contributed by atoms with Crippen molar-refractivity contribution in [3.05, 3.63) is 303 Å². The first-order valence-electron chi connectivity index (χ1n) is 39.3. The van der Waals surface area contributed by atoms with Crippen LogP contribution in [0.5, 0.6) is 0 Å². The van der Waals surface area contributed by atoms with Gasteiger partial charge in [0.25, 0.3) is 0 Å². The average molecular weight is 1560 g/mol. The van der Waals surface area contributed by atoms with Crippen molar-refractivity contribution in [1.29, 1.82) is 0 Å². The molecule has 0 aromatic heterocycles. The first-order chi connectivity index (χ1) is 53.4. The zero-order chi connectivity index (χ0) is 78.6. The quantitative estimate of drug-likeness (QED) is 0.00861. The summed E-state index contributed by atoms with van der Waals surface area (Å²) in [4.78, 5) is 56.0. The standard InChI is InChI=1S/C21H26O2.C20H24O3.C19H18BrP.C19H23NO2.C19H22O2/c1-3-23-21(22)13-7-5-4-6-10-17(2)19-15-14-18-11-8-9-12-20(18)16-19;1-2-23-20(22)12-6-4-3-5-11-19(21)18-14-13-16-9-7-8-10-17(16)15-18;1-21(20,17-11-5-2-6-12-17,18-13-7-3-8-14-18)19-15-9-4-10-16-19;1-15(8-4-2-3-5-11-19(21)20-22)17-13-12-16-9-6-7-10-18(16)14-17;1-15(8-4-2-3-5-11-19(20)21)17-13-12-16-9-6-7-10-18(16)14-17/h8-9,11-12,14-16H,2-7,10,13H2,1H3;7-10,13-15H,2-6,11-12H2,1H3;2-16H,1H3;6-7,9-10,12-14,22H,1-5,8,11H2,(H,20,21);6-7,9-10,12-14H,1-5,8,11H2,(H,20,21). The maximum atomic E-state index is 12.2. The molecule has 0 unspecified atom stereocenters. The van der Waals surface area contributed by atoms with Gasteiger partial charge in [-0.15, -0.1) is 0 Å². The minimum atomic E-state index is -2.56. The van der Waals surface area contributed by atoms with E-state index in [9.17, 15) is 24.0 Å². The summed E-state index contributed by atoms with van der Waals surface area (Å²) in [6, 6.07) is 90.8. The van der Waals surface area contributed by atoms with Gasteiger partial charge in [-0.05, 0) is 185 Å². The number of ketones is 1. The number of rotatable bonds is 37. The molecule has 110 heavy (non-hydrogen) atoms. The van der Waals surface area contributed by atoms with E-state index in [0.717, 1.165) is 138 Å². The molecule has 0 aliphatic heterocycles. The van der Waals surface area contributed by atoms with E-state index in [1.807, 2.05) is 68.4 Å². The Balaban J connectivity index is 0.000000191. The van der Waals surface area contributed by atoms with Crippen molar-refractivity contribution in [2.45, 2.75) is 168 Å². The molecular weight excluding hydrogens is 1450 g/mol. The molecular formula is C98H113BrNO9P. The Labute approximate surface area is 661 Å². The molecule has 0 saturated carbocycles. The van der Waals surface area contributed by atoms with Gasteiger partial charge in [0.05, 0.1) is 13.2 Å². The summed E-state index contributed by atoms with van der Waals surface area (Å²) in [5.41, 5.74) is 9.62. The Hall–Kier alpha value is -9.90. The van der Waals surface area contributed by atoms with Gasteiger partial charge in [-0.1, -0.05) is 217 Å². The van der Waals surface area contributed by atoms with E-state index < -0.39 is 11.3 Å². The molecule has 0 aliphatic carbocycles. The van der Waals surface area contributed by atoms with Crippen molar-refractivity contribution < 1.29 is 43.8 Å². The molecule has 0 spiro atoms. The molecule has 3 N–H and O–H groups in total. The number of nitrogens with one attached hydrogen (secondary N) is 1. The fraction of sp³-hybridized carbons (Fsp3) is 0.296. The fourth-order valence-electron chi connectivity index (χ4n) is 13.3. The second-order valence-corrected chi connectivity index (χ2v) is 37.8. The summed E-state index contributed by atoms with van der Waals surface area (Å²) >= 11 is 4.24. The molecule has 12 heteroatoms. The van der Waals surface area contributed by atoms with Gasteiger partial charge < -0.3 is 14.6 Å². The number of fused-ring (bicyclic) bond motifs is 4. The first kappa shape index (κ1) is 87.3. The van der Waals surface area contributed by atoms with Gasteiger partial charge in [-0.25, -0.2) is 5.48 Å². The normalized spacial score (nSPS) is 11.2. The number of amides is 1. The number of esters is 2. The van der Waals surface area contributed by atoms with E-state index >= 15 is 0 Å². The Morgan fingerprint density at radius 1 is 0.327 bits per heavy atom. The third-order valence-electron chi connectivity index (χ3n) is 19.8. The van der Waals surface area contributed by atoms with Crippen molar-refractivity contribution in [2.24, 2.45) is 0 Å². The van der Waals surface area contributed by atoms with Gasteiger partial charge in [0.15, 0.2) is 5.78 Å². The summed E-state index contributed by atoms with van der Waals surface area (Å²) in [6.45, 7) is 19.6. The van der Waals surface area contributed by atoms with E-state index in [2.05, 4.69) is 248 Å². The monoisotopic (exact) mass is 1560 g/mol. The molecule has 0 heterocycles. The number of benzene rings is 11. The van der Waals surface area contributed by atoms with Crippen LogP contribution in [0.2, 0.25) is 0 Å². The first-order valence-corrected chi connectivity index (χ1v) is 44.0. The number of carboxylic acid groups (broad SMARTS) is 1. The molecule has 10 nitrogen and oxygen atoms in total. The van der Waals surface area contributed by atoms with Crippen molar-refractivity contribution in [1.82, 2.24) is 5.48 Å². The van der Waals surface area contributed by atoms with E-state index in [1.54, 1.807) is 5.48 Å². The topological polar surface area (TPSA) is 156 Å². The molecule has 0 saturated heterocycles. The predicted molar refractivity (Wildman–Crippen MR) is 469 cm³/mol. The number of ether oxygens (including phenoxy) is 2. The number of carboxylic acids is 1. The zero-order valence-corrected chi connectivity index (χ0v) is 67.4. The molecule has 11 rings (SSSR count). The molecule has 0 radical (unpaired) electrons. The number of carbonyl (C=O) groups is 5. The van der Waals surface area contributed by atoms with Crippen LogP contribution in [0.1, 0.15) is 195 Å². The predicted octanol–water partition coefficient (Wildman–Crippen LogP) is 25.1. The van der Waals surface area contributed by atoms with Crippen molar-refractivity contribution >= 4 is 126 Å². The van der Waals surface area contributed by atoms with Gasteiger partial charge in [0, 0.05) is 37.7 Å². The van der Waals surface area contributed by atoms with E-state index in [0.29, 0.717) is 38.9 Å². The molecule has 1 amide bonds. The summed E-state index contributed by atoms with van der Waals surface area (Å²) in [6.07, 6.45) is 21.0. The Morgan fingerprint density at radius 3 is 0.882 bits per heavy atom. The number of carbonyl (C=O) groups excluding carboxylic acids is 4. The van der Waals surface area contributed by atoms with Gasteiger partial charge >= 0.3 is 152 Å². The number of unbranched alkanes of at least 4 members (excludes halogenated alkanes) is 12. The number of hydrogen-bond donors (Lipinski definition) is 3. The van der Waals surface area contributed by atoms with Crippen LogP contribution in [0, 0.1) is 0 Å². The average Bonchev–Trinajstić information content (AvgIpc) is 0.719. The maximum absolute atomic E-state index is 12.2. The van der Waals surface area contributed by atoms with Crippen LogP contribution in [0.3, 0.4) is 0 Å². The number of aliphatic carboxylic acids is 1. The van der Waals surface area contributed by atoms with Crippen LogP contribution < -0.4 is 21.4 Å². The van der Waals surface area contributed by atoms with Crippen molar-refractivity contribution in [3.8, 4) is 0 Å². The second kappa shape index (κ2) is 47.9. The van der Waals surface area contributed by atoms with Crippen LogP contribution in [0.25, 0.3) is 59.8 Å². The third-order valence-corrected chi connectivity index (χ3v) is 28.1.